The Labute approximate surface area is 112 Å². The summed E-state index contributed by atoms with van der Waals surface area (Å²) in [5, 5.41) is 21.5. The van der Waals surface area contributed by atoms with Crippen molar-refractivity contribution in [2.75, 3.05) is 5.73 Å². The van der Waals surface area contributed by atoms with E-state index < -0.39 is 21.3 Å². The molecule has 0 saturated carbocycles. The summed E-state index contributed by atoms with van der Waals surface area (Å²) >= 11 is 0. The molecule has 0 unspecified atom stereocenters. The monoisotopic (exact) mass is 275 g/mol. The first kappa shape index (κ1) is 13.4. The number of nitro benzene ring substituents is 1. The Kier molecular flexibility index (Phi) is 3.30. The standard InChI is InChI=1S/C12H9N3O5/c13-9-3-1-7(5-10(9)14(17)18)8-2-4-12(16)11(6-8)15(19)20/h1-3,5-6H,4,13H2. The van der Waals surface area contributed by atoms with Gasteiger partial charge in [-0.2, -0.15) is 0 Å². The van der Waals surface area contributed by atoms with E-state index in [0.29, 0.717) is 11.1 Å². The number of anilines is 1. The average Bonchev–Trinajstić information content (AvgIpc) is 2.39. The van der Waals surface area contributed by atoms with Gasteiger partial charge in [0, 0.05) is 18.6 Å². The largest absolute Gasteiger partial charge is 0.393 e. The Bertz CT molecular complexity index is 690. The van der Waals surface area contributed by atoms with Crippen molar-refractivity contribution in [2.45, 2.75) is 6.42 Å². The van der Waals surface area contributed by atoms with Crippen LogP contribution >= 0.6 is 0 Å². The smallest absolute Gasteiger partial charge is 0.312 e. The Hall–Kier alpha value is -3.03. The summed E-state index contributed by atoms with van der Waals surface area (Å²) < 4.78 is 0. The first-order valence-corrected chi connectivity index (χ1v) is 5.54. The lowest BCUT2D eigenvalue weighted by molar-refractivity contribution is -0.418. The molecule has 1 aliphatic carbocycles. The van der Waals surface area contributed by atoms with Crippen LogP contribution in [0.4, 0.5) is 11.4 Å². The van der Waals surface area contributed by atoms with Crippen LogP contribution in [0.2, 0.25) is 0 Å². The zero-order chi connectivity index (χ0) is 14.9. The lowest BCUT2D eigenvalue weighted by Crippen LogP contribution is -2.13. The van der Waals surface area contributed by atoms with E-state index in [4.69, 9.17) is 5.73 Å². The van der Waals surface area contributed by atoms with Gasteiger partial charge in [0.1, 0.15) is 5.69 Å². The second kappa shape index (κ2) is 4.92. The number of nitrogen functional groups attached to an aromatic ring is 1. The van der Waals surface area contributed by atoms with Crippen molar-refractivity contribution in [3.05, 3.63) is 61.8 Å². The maximum absolute atomic E-state index is 11.4. The number of nitrogens with two attached hydrogens (primary N) is 1. The van der Waals surface area contributed by atoms with E-state index in [2.05, 4.69) is 0 Å². The summed E-state index contributed by atoms with van der Waals surface area (Å²) in [5.41, 5.74) is 5.46. The van der Waals surface area contributed by atoms with Crippen LogP contribution in [-0.2, 0) is 4.79 Å². The van der Waals surface area contributed by atoms with Gasteiger partial charge in [0.05, 0.1) is 9.85 Å². The Morgan fingerprint density at radius 1 is 1.15 bits per heavy atom. The molecule has 102 valence electrons. The van der Waals surface area contributed by atoms with Crippen molar-refractivity contribution in [1.82, 2.24) is 0 Å². The van der Waals surface area contributed by atoms with Crippen LogP contribution in [-0.4, -0.2) is 15.6 Å². The van der Waals surface area contributed by atoms with Crippen molar-refractivity contribution in [3.8, 4) is 0 Å². The molecule has 0 spiro atoms. The fraction of sp³-hybridized carbons (Fsp3) is 0.0833. The highest BCUT2D eigenvalue weighted by atomic mass is 16.6. The van der Waals surface area contributed by atoms with Crippen molar-refractivity contribution in [1.29, 1.82) is 0 Å². The fourth-order valence-corrected chi connectivity index (χ4v) is 1.83. The van der Waals surface area contributed by atoms with Gasteiger partial charge < -0.3 is 5.73 Å². The summed E-state index contributed by atoms with van der Waals surface area (Å²) in [6.07, 6.45) is 2.49. The minimum absolute atomic E-state index is 0.00437. The van der Waals surface area contributed by atoms with Gasteiger partial charge in [-0.25, -0.2) is 0 Å². The van der Waals surface area contributed by atoms with Gasteiger partial charge in [-0.15, -0.1) is 0 Å². The van der Waals surface area contributed by atoms with E-state index in [-0.39, 0.29) is 17.8 Å². The highest BCUT2D eigenvalue weighted by Crippen LogP contribution is 2.29. The van der Waals surface area contributed by atoms with Gasteiger partial charge in [0.15, 0.2) is 0 Å². The predicted octanol–water partition coefficient (Wildman–Crippen LogP) is 1.69. The Morgan fingerprint density at radius 2 is 1.85 bits per heavy atom. The van der Waals surface area contributed by atoms with Gasteiger partial charge in [0.2, 0.25) is 5.78 Å². The van der Waals surface area contributed by atoms with Gasteiger partial charge in [-0.1, -0.05) is 12.1 Å². The fourth-order valence-electron chi connectivity index (χ4n) is 1.83. The van der Waals surface area contributed by atoms with Crippen LogP contribution in [0.3, 0.4) is 0 Å². The molecule has 0 fully saturated rings. The normalized spacial score (nSPS) is 14.5. The molecule has 2 N–H and O–H groups in total. The molecule has 0 heterocycles. The number of benzene rings is 1. The molecule has 0 atom stereocenters. The molecule has 0 aromatic heterocycles. The molecular weight excluding hydrogens is 266 g/mol. The quantitative estimate of drug-likeness (QED) is 0.507. The Balaban J connectivity index is 2.48. The number of rotatable bonds is 3. The third-order valence-corrected chi connectivity index (χ3v) is 2.84. The van der Waals surface area contributed by atoms with E-state index in [1.807, 2.05) is 0 Å². The summed E-state index contributed by atoms with van der Waals surface area (Å²) in [6.45, 7) is 0. The van der Waals surface area contributed by atoms with Crippen molar-refractivity contribution >= 4 is 22.7 Å². The van der Waals surface area contributed by atoms with E-state index >= 15 is 0 Å². The minimum Gasteiger partial charge on any atom is -0.393 e. The molecule has 20 heavy (non-hydrogen) atoms. The topological polar surface area (TPSA) is 129 Å². The first-order valence-electron chi connectivity index (χ1n) is 5.54. The lowest BCUT2D eigenvalue weighted by atomic mass is 9.96. The summed E-state index contributed by atoms with van der Waals surface area (Å²) in [5.74, 6) is -0.594. The zero-order valence-electron chi connectivity index (χ0n) is 10.1. The molecule has 0 saturated heterocycles. The van der Waals surface area contributed by atoms with Gasteiger partial charge in [-0.3, -0.25) is 25.0 Å². The predicted molar refractivity (Wildman–Crippen MR) is 70.2 cm³/mol. The summed E-state index contributed by atoms with van der Waals surface area (Å²) in [6, 6.07) is 4.09. The molecule has 1 aromatic rings. The number of Topliss-reactive ketones (excluding diaryl/α,β-unsaturated/α-hetero) is 1. The lowest BCUT2D eigenvalue weighted by Gasteiger charge is -2.08. The van der Waals surface area contributed by atoms with Crippen LogP contribution in [0.1, 0.15) is 12.0 Å². The second-order valence-electron chi connectivity index (χ2n) is 4.10. The number of carbonyl (C=O) groups excluding carboxylic acids is 1. The number of carbonyl (C=O) groups is 1. The van der Waals surface area contributed by atoms with Crippen LogP contribution in [0.15, 0.2) is 36.0 Å². The van der Waals surface area contributed by atoms with Crippen molar-refractivity contribution in [3.63, 3.8) is 0 Å². The zero-order valence-corrected chi connectivity index (χ0v) is 10.1. The van der Waals surface area contributed by atoms with Crippen molar-refractivity contribution in [2.24, 2.45) is 0 Å². The molecule has 0 aliphatic heterocycles. The van der Waals surface area contributed by atoms with Gasteiger partial charge >= 0.3 is 5.70 Å². The maximum atomic E-state index is 11.4. The number of nitrogens with zero attached hydrogens (tertiary/aromatic N) is 2. The molecule has 1 aromatic carbocycles. The van der Waals surface area contributed by atoms with Crippen LogP contribution < -0.4 is 5.73 Å². The molecule has 0 bridgehead atoms. The second-order valence-corrected chi connectivity index (χ2v) is 4.10. The number of hydrogen-bond donors (Lipinski definition) is 1. The number of nitro groups is 2. The van der Waals surface area contributed by atoms with Crippen LogP contribution in [0.25, 0.3) is 5.57 Å². The molecule has 1 aliphatic rings. The third-order valence-electron chi connectivity index (χ3n) is 2.84. The van der Waals surface area contributed by atoms with E-state index in [1.165, 1.54) is 24.3 Å². The highest BCUT2D eigenvalue weighted by molar-refractivity contribution is 6.00. The first-order chi connectivity index (χ1) is 9.40. The molecule has 8 nitrogen and oxygen atoms in total. The number of hydrogen-bond acceptors (Lipinski definition) is 6. The highest BCUT2D eigenvalue weighted by Gasteiger charge is 2.25. The van der Waals surface area contributed by atoms with Gasteiger partial charge in [0.25, 0.3) is 5.69 Å². The molecule has 0 radical (unpaired) electrons. The SMILES string of the molecule is Nc1ccc(C2=CCC(=O)C([N+](=O)[O-])=C2)cc1[N+](=O)[O-]. The minimum atomic E-state index is -0.763. The number of allylic oxidation sites excluding steroid dienone is 4. The molecule has 0 amide bonds. The molecular formula is C12H9N3O5. The van der Waals surface area contributed by atoms with Crippen LogP contribution in [0.5, 0.6) is 0 Å². The van der Waals surface area contributed by atoms with Gasteiger partial charge in [-0.05, 0) is 17.2 Å². The third kappa shape index (κ3) is 2.39. The van der Waals surface area contributed by atoms with E-state index in [9.17, 15) is 25.0 Å². The molecule has 2 rings (SSSR count). The Morgan fingerprint density at radius 3 is 2.45 bits per heavy atom. The van der Waals surface area contributed by atoms with E-state index in [1.54, 1.807) is 0 Å². The molecule has 8 heteroatoms. The maximum Gasteiger partial charge on any atom is 0.312 e. The summed E-state index contributed by atoms with van der Waals surface area (Å²) in [7, 11) is 0. The van der Waals surface area contributed by atoms with Crippen LogP contribution in [0, 0.1) is 20.2 Å². The van der Waals surface area contributed by atoms with E-state index in [0.717, 1.165) is 6.08 Å². The van der Waals surface area contributed by atoms with Crippen molar-refractivity contribution < 1.29 is 14.6 Å². The summed E-state index contributed by atoms with van der Waals surface area (Å²) in [4.78, 5) is 31.5. The number of ketones is 1. The average molecular weight is 275 g/mol.